The number of fused-ring (bicyclic) bond motifs is 1. The number of imidazole rings is 1. The van der Waals surface area contributed by atoms with E-state index in [1.807, 2.05) is 14.0 Å². The van der Waals surface area contributed by atoms with Gasteiger partial charge in [0.15, 0.2) is 0 Å². The normalized spacial score (nSPS) is 10.9. The van der Waals surface area contributed by atoms with Crippen LogP contribution in [0, 0.1) is 6.92 Å². The van der Waals surface area contributed by atoms with Gasteiger partial charge in [0, 0.05) is 39.1 Å². The second-order valence-corrected chi connectivity index (χ2v) is 5.84. The Labute approximate surface area is 131 Å². The largest absolute Gasteiger partial charge is 0.381 e. The second kappa shape index (κ2) is 5.72. The maximum atomic E-state index is 4.58. The summed E-state index contributed by atoms with van der Waals surface area (Å²) in [5.41, 5.74) is 5.78. The van der Waals surface area contributed by atoms with Gasteiger partial charge >= 0.3 is 0 Å². The molecule has 0 atom stereocenters. The summed E-state index contributed by atoms with van der Waals surface area (Å²) in [6.07, 6.45) is 0. The van der Waals surface area contributed by atoms with Crippen LogP contribution in [0.4, 0.5) is 11.4 Å². The molecule has 1 heterocycles. The van der Waals surface area contributed by atoms with Gasteiger partial charge in [-0.25, -0.2) is 4.98 Å². The molecule has 22 heavy (non-hydrogen) atoms. The molecular formula is C18H22N4. The van der Waals surface area contributed by atoms with E-state index in [-0.39, 0.29) is 0 Å². The van der Waals surface area contributed by atoms with Gasteiger partial charge in [-0.2, -0.15) is 0 Å². The van der Waals surface area contributed by atoms with Gasteiger partial charge in [0.2, 0.25) is 0 Å². The Morgan fingerprint density at radius 3 is 2.50 bits per heavy atom. The molecule has 0 aliphatic carbocycles. The summed E-state index contributed by atoms with van der Waals surface area (Å²) in [7, 11) is 6.15. The zero-order valence-electron chi connectivity index (χ0n) is 13.6. The molecule has 3 aromatic rings. The molecule has 0 spiro atoms. The molecule has 0 aliphatic rings. The second-order valence-electron chi connectivity index (χ2n) is 5.84. The van der Waals surface area contributed by atoms with Gasteiger partial charge in [0.1, 0.15) is 5.82 Å². The van der Waals surface area contributed by atoms with Gasteiger partial charge in [0.05, 0.1) is 11.0 Å². The lowest BCUT2D eigenvalue weighted by molar-refractivity contribution is 0.886. The Hall–Kier alpha value is -2.49. The first-order valence-corrected chi connectivity index (χ1v) is 7.48. The highest BCUT2D eigenvalue weighted by Crippen LogP contribution is 2.20. The van der Waals surface area contributed by atoms with Crippen LogP contribution in [-0.4, -0.2) is 23.6 Å². The summed E-state index contributed by atoms with van der Waals surface area (Å²) in [6, 6.07) is 14.9. The first kappa shape index (κ1) is 14.4. The van der Waals surface area contributed by atoms with E-state index in [1.165, 1.54) is 16.8 Å². The number of nitrogens with one attached hydrogen (secondary N) is 1. The Morgan fingerprint density at radius 1 is 1.09 bits per heavy atom. The fourth-order valence-corrected chi connectivity index (χ4v) is 2.55. The molecule has 0 unspecified atom stereocenters. The van der Waals surface area contributed by atoms with Gasteiger partial charge < -0.3 is 14.8 Å². The van der Waals surface area contributed by atoms with Crippen LogP contribution in [0.25, 0.3) is 11.0 Å². The summed E-state index contributed by atoms with van der Waals surface area (Å²) in [5.74, 6) is 1.03. The van der Waals surface area contributed by atoms with Crippen LogP contribution in [0.2, 0.25) is 0 Å². The zero-order valence-corrected chi connectivity index (χ0v) is 13.6. The predicted molar refractivity (Wildman–Crippen MR) is 93.5 cm³/mol. The summed E-state index contributed by atoms with van der Waals surface area (Å²) >= 11 is 0. The Morgan fingerprint density at radius 2 is 1.82 bits per heavy atom. The van der Waals surface area contributed by atoms with E-state index in [0.29, 0.717) is 0 Å². The molecule has 0 saturated heterocycles. The minimum absolute atomic E-state index is 0.811. The van der Waals surface area contributed by atoms with E-state index >= 15 is 0 Å². The van der Waals surface area contributed by atoms with Crippen molar-refractivity contribution in [2.45, 2.75) is 13.5 Å². The van der Waals surface area contributed by atoms with Crippen molar-refractivity contribution < 1.29 is 0 Å². The van der Waals surface area contributed by atoms with Crippen molar-refractivity contribution in [2.75, 3.05) is 24.3 Å². The molecule has 114 valence electrons. The number of aromatic nitrogens is 2. The van der Waals surface area contributed by atoms with E-state index in [2.05, 4.69) is 76.3 Å². The van der Waals surface area contributed by atoms with Crippen molar-refractivity contribution in [3.05, 3.63) is 53.9 Å². The molecule has 0 bridgehead atoms. The first-order chi connectivity index (χ1) is 10.5. The average Bonchev–Trinajstić information content (AvgIpc) is 2.80. The highest BCUT2D eigenvalue weighted by atomic mass is 15.1. The highest BCUT2D eigenvalue weighted by molar-refractivity contribution is 5.80. The van der Waals surface area contributed by atoms with Crippen molar-refractivity contribution in [3.8, 4) is 0 Å². The fourth-order valence-electron chi connectivity index (χ4n) is 2.55. The molecule has 0 amide bonds. The third-order valence-corrected chi connectivity index (χ3v) is 4.05. The number of hydrogen-bond donors (Lipinski definition) is 1. The monoisotopic (exact) mass is 294 g/mol. The van der Waals surface area contributed by atoms with E-state index in [4.69, 9.17) is 0 Å². The number of aryl methyl sites for hydroxylation is 2. The van der Waals surface area contributed by atoms with Gasteiger partial charge in [-0.05, 0) is 42.8 Å². The quantitative estimate of drug-likeness (QED) is 0.798. The Kier molecular flexibility index (Phi) is 3.75. The lowest BCUT2D eigenvalue weighted by Crippen LogP contribution is -2.08. The third kappa shape index (κ3) is 2.77. The summed E-state index contributed by atoms with van der Waals surface area (Å²) < 4.78 is 2.11. The van der Waals surface area contributed by atoms with Crippen LogP contribution in [0.5, 0.6) is 0 Å². The topological polar surface area (TPSA) is 33.1 Å². The highest BCUT2D eigenvalue weighted by Gasteiger charge is 2.04. The minimum atomic E-state index is 0.811. The van der Waals surface area contributed by atoms with Crippen LogP contribution in [0.15, 0.2) is 42.5 Å². The molecular weight excluding hydrogens is 272 g/mol. The minimum Gasteiger partial charge on any atom is -0.381 e. The summed E-state index contributed by atoms with van der Waals surface area (Å²) in [5, 5.41) is 3.47. The first-order valence-electron chi connectivity index (χ1n) is 7.48. The molecule has 1 aromatic heterocycles. The standard InChI is InChI=1S/C18H22N4/c1-13-20-17-11-15(7-10-18(17)22(13)4)19-12-14-5-8-16(9-6-14)21(2)3/h5-11,19H,12H2,1-4H3. The number of hydrogen-bond acceptors (Lipinski definition) is 3. The van der Waals surface area contributed by atoms with Crippen LogP contribution in [0.3, 0.4) is 0 Å². The number of nitrogens with zero attached hydrogens (tertiary/aromatic N) is 3. The number of anilines is 2. The van der Waals surface area contributed by atoms with Gasteiger partial charge in [-0.1, -0.05) is 12.1 Å². The number of rotatable bonds is 4. The zero-order chi connectivity index (χ0) is 15.7. The molecule has 0 fully saturated rings. The molecule has 1 N–H and O–H groups in total. The van der Waals surface area contributed by atoms with Crippen molar-refractivity contribution in [2.24, 2.45) is 7.05 Å². The molecule has 2 aromatic carbocycles. The van der Waals surface area contributed by atoms with E-state index < -0.39 is 0 Å². The molecule has 4 nitrogen and oxygen atoms in total. The summed E-state index contributed by atoms with van der Waals surface area (Å²) in [4.78, 5) is 6.68. The van der Waals surface area contributed by atoms with E-state index in [0.717, 1.165) is 23.6 Å². The van der Waals surface area contributed by atoms with Crippen LogP contribution < -0.4 is 10.2 Å². The van der Waals surface area contributed by atoms with Gasteiger partial charge in [-0.3, -0.25) is 0 Å². The lowest BCUT2D eigenvalue weighted by Gasteiger charge is -2.13. The Balaban J connectivity index is 1.73. The van der Waals surface area contributed by atoms with Crippen molar-refractivity contribution in [1.29, 1.82) is 0 Å². The summed E-state index contributed by atoms with van der Waals surface area (Å²) in [6.45, 7) is 2.84. The lowest BCUT2D eigenvalue weighted by atomic mass is 10.2. The third-order valence-electron chi connectivity index (χ3n) is 4.05. The maximum absolute atomic E-state index is 4.58. The average molecular weight is 294 g/mol. The molecule has 0 saturated carbocycles. The van der Waals surface area contributed by atoms with Crippen molar-refractivity contribution in [1.82, 2.24) is 9.55 Å². The van der Waals surface area contributed by atoms with Crippen LogP contribution in [-0.2, 0) is 13.6 Å². The molecule has 4 heteroatoms. The predicted octanol–water partition coefficient (Wildman–Crippen LogP) is 3.56. The fraction of sp³-hybridized carbons (Fsp3) is 0.278. The Bertz CT molecular complexity index is 785. The van der Waals surface area contributed by atoms with Crippen molar-refractivity contribution in [3.63, 3.8) is 0 Å². The maximum Gasteiger partial charge on any atom is 0.106 e. The van der Waals surface area contributed by atoms with Crippen LogP contribution in [0.1, 0.15) is 11.4 Å². The van der Waals surface area contributed by atoms with Crippen molar-refractivity contribution >= 4 is 22.4 Å². The van der Waals surface area contributed by atoms with Crippen LogP contribution >= 0.6 is 0 Å². The molecule has 0 radical (unpaired) electrons. The van der Waals surface area contributed by atoms with E-state index in [9.17, 15) is 0 Å². The van der Waals surface area contributed by atoms with Gasteiger partial charge in [-0.15, -0.1) is 0 Å². The van der Waals surface area contributed by atoms with Gasteiger partial charge in [0.25, 0.3) is 0 Å². The molecule has 0 aliphatic heterocycles. The van der Waals surface area contributed by atoms with E-state index in [1.54, 1.807) is 0 Å². The SMILES string of the molecule is Cc1nc2cc(NCc3ccc(N(C)C)cc3)ccc2n1C. The molecule has 3 rings (SSSR count). The number of benzene rings is 2. The smallest absolute Gasteiger partial charge is 0.106 e.